The highest BCUT2D eigenvalue weighted by atomic mass is 16.5. The fourth-order valence-electron chi connectivity index (χ4n) is 1.76. The van der Waals surface area contributed by atoms with Crippen molar-refractivity contribution in [2.75, 3.05) is 13.7 Å². The lowest BCUT2D eigenvalue weighted by atomic mass is 10.2. The van der Waals surface area contributed by atoms with Crippen LogP contribution in [-0.4, -0.2) is 30.6 Å². The minimum atomic E-state index is -0.668. The minimum Gasteiger partial charge on any atom is -0.439 e. The van der Waals surface area contributed by atoms with Gasteiger partial charge in [-0.2, -0.15) is 0 Å². The topological polar surface area (TPSA) is 86.5 Å². The van der Waals surface area contributed by atoms with Crippen LogP contribution in [0.25, 0.3) is 0 Å². The Morgan fingerprint density at radius 3 is 2.68 bits per heavy atom. The molecule has 2 aromatic rings. The van der Waals surface area contributed by atoms with Gasteiger partial charge < -0.3 is 20.5 Å². The normalized spacial score (nSPS) is 11.7. The van der Waals surface area contributed by atoms with E-state index in [1.807, 2.05) is 36.4 Å². The molecule has 3 N–H and O–H groups in total. The Balaban J connectivity index is 1.85. The molecule has 0 saturated heterocycles. The van der Waals surface area contributed by atoms with Crippen molar-refractivity contribution in [1.82, 2.24) is 10.3 Å². The van der Waals surface area contributed by atoms with Gasteiger partial charge in [0.2, 0.25) is 11.8 Å². The quantitative estimate of drug-likeness (QED) is 0.808. The van der Waals surface area contributed by atoms with Gasteiger partial charge >= 0.3 is 0 Å². The summed E-state index contributed by atoms with van der Waals surface area (Å²) < 4.78 is 10.4. The SMILES string of the molecule is COCC(N)C(=O)NCc1ccc(Oc2ccccc2)nc1. The van der Waals surface area contributed by atoms with Crippen LogP contribution in [-0.2, 0) is 16.1 Å². The number of methoxy groups -OCH3 is 1. The molecule has 1 aromatic heterocycles. The first-order valence-electron chi connectivity index (χ1n) is 6.89. The summed E-state index contributed by atoms with van der Waals surface area (Å²) in [6, 6.07) is 12.3. The Morgan fingerprint density at radius 1 is 1.27 bits per heavy atom. The van der Waals surface area contributed by atoms with Crippen LogP contribution in [0, 0.1) is 0 Å². The Kier molecular flexibility index (Phi) is 5.88. The van der Waals surface area contributed by atoms with E-state index in [0.29, 0.717) is 12.4 Å². The van der Waals surface area contributed by atoms with Gasteiger partial charge in [-0.15, -0.1) is 0 Å². The lowest BCUT2D eigenvalue weighted by molar-refractivity contribution is -0.123. The largest absolute Gasteiger partial charge is 0.439 e. The number of carbonyl (C=O) groups excluding carboxylic acids is 1. The molecule has 1 aromatic carbocycles. The molecule has 0 aliphatic carbocycles. The first-order valence-corrected chi connectivity index (χ1v) is 6.89. The highest BCUT2D eigenvalue weighted by Gasteiger charge is 2.12. The average Bonchev–Trinajstić information content (AvgIpc) is 2.55. The Morgan fingerprint density at radius 2 is 2.05 bits per heavy atom. The molecule has 2 rings (SSSR count). The predicted molar refractivity (Wildman–Crippen MR) is 82.5 cm³/mol. The van der Waals surface area contributed by atoms with Gasteiger partial charge in [0, 0.05) is 25.9 Å². The van der Waals surface area contributed by atoms with E-state index in [4.69, 9.17) is 15.2 Å². The number of amides is 1. The zero-order valence-corrected chi connectivity index (χ0v) is 12.4. The Labute approximate surface area is 129 Å². The number of rotatable bonds is 7. The number of nitrogens with two attached hydrogens (primary N) is 1. The molecule has 0 saturated carbocycles. The molecule has 0 bridgehead atoms. The molecule has 0 aliphatic heterocycles. The van der Waals surface area contributed by atoms with Crippen LogP contribution in [0.5, 0.6) is 11.6 Å². The molecule has 0 aliphatic rings. The second-order valence-electron chi connectivity index (χ2n) is 4.70. The summed E-state index contributed by atoms with van der Waals surface area (Å²) in [5, 5.41) is 2.73. The fourth-order valence-corrected chi connectivity index (χ4v) is 1.76. The summed E-state index contributed by atoms with van der Waals surface area (Å²) >= 11 is 0. The van der Waals surface area contributed by atoms with Crippen LogP contribution in [0.3, 0.4) is 0 Å². The third kappa shape index (κ3) is 4.83. The lowest BCUT2D eigenvalue weighted by Crippen LogP contribution is -2.43. The zero-order chi connectivity index (χ0) is 15.8. The van der Waals surface area contributed by atoms with Crippen LogP contribution in [0.1, 0.15) is 5.56 Å². The van der Waals surface area contributed by atoms with E-state index in [1.165, 1.54) is 7.11 Å². The molecule has 116 valence electrons. The smallest absolute Gasteiger partial charge is 0.239 e. The van der Waals surface area contributed by atoms with E-state index >= 15 is 0 Å². The van der Waals surface area contributed by atoms with E-state index in [9.17, 15) is 4.79 Å². The monoisotopic (exact) mass is 301 g/mol. The van der Waals surface area contributed by atoms with Crippen LogP contribution < -0.4 is 15.8 Å². The van der Waals surface area contributed by atoms with Gasteiger partial charge in [-0.1, -0.05) is 24.3 Å². The van der Waals surface area contributed by atoms with Crippen LogP contribution in [0.4, 0.5) is 0 Å². The molecule has 0 spiro atoms. The van der Waals surface area contributed by atoms with Crippen molar-refractivity contribution >= 4 is 5.91 Å². The van der Waals surface area contributed by atoms with Crippen LogP contribution >= 0.6 is 0 Å². The van der Waals surface area contributed by atoms with Gasteiger partial charge in [0.15, 0.2) is 0 Å². The summed E-state index contributed by atoms with van der Waals surface area (Å²) in [6.07, 6.45) is 1.65. The molecule has 6 heteroatoms. The zero-order valence-electron chi connectivity index (χ0n) is 12.4. The number of para-hydroxylation sites is 1. The number of carbonyl (C=O) groups is 1. The summed E-state index contributed by atoms with van der Waals surface area (Å²) in [6.45, 7) is 0.544. The predicted octanol–water partition coefficient (Wildman–Crippen LogP) is 1.46. The maximum atomic E-state index is 11.7. The van der Waals surface area contributed by atoms with E-state index < -0.39 is 6.04 Å². The number of hydrogen-bond donors (Lipinski definition) is 2. The molecule has 1 amide bonds. The van der Waals surface area contributed by atoms with Gasteiger partial charge in [-0.25, -0.2) is 4.98 Å². The maximum absolute atomic E-state index is 11.7. The molecule has 1 heterocycles. The molecule has 1 atom stereocenters. The molecule has 0 radical (unpaired) electrons. The summed E-state index contributed by atoms with van der Waals surface area (Å²) in [5.41, 5.74) is 6.49. The highest BCUT2D eigenvalue weighted by Crippen LogP contribution is 2.18. The van der Waals surface area contributed by atoms with Gasteiger partial charge in [0.05, 0.1) is 6.61 Å². The average molecular weight is 301 g/mol. The van der Waals surface area contributed by atoms with Crippen molar-refractivity contribution in [3.63, 3.8) is 0 Å². The van der Waals surface area contributed by atoms with Gasteiger partial charge in [0.1, 0.15) is 11.8 Å². The van der Waals surface area contributed by atoms with Crippen LogP contribution in [0.15, 0.2) is 48.7 Å². The first-order chi connectivity index (χ1) is 10.7. The second kappa shape index (κ2) is 8.11. The minimum absolute atomic E-state index is 0.188. The number of benzene rings is 1. The van der Waals surface area contributed by atoms with Gasteiger partial charge in [-0.3, -0.25) is 4.79 Å². The number of nitrogens with zero attached hydrogens (tertiary/aromatic N) is 1. The maximum Gasteiger partial charge on any atom is 0.239 e. The third-order valence-corrected chi connectivity index (χ3v) is 2.91. The molecule has 1 unspecified atom stereocenters. The Hall–Kier alpha value is -2.44. The fraction of sp³-hybridized carbons (Fsp3) is 0.250. The standard InChI is InChI=1S/C16H19N3O3/c1-21-11-14(17)16(20)19-10-12-7-8-15(18-9-12)22-13-5-3-2-4-6-13/h2-9,14H,10-11,17H2,1H3,(H,19,20). The highest BCUT2D eigenvalue weighted by molar-refractivity contribution is 5.81. The van der Waals surface area contributed by atoms with Crippen molar-refractivity contribution < 1.29 is 14.3 Å². The van der Waals surface area contributed by atoms with Crippen molar-refractivity contribution in [3.05, 3.63) is 54.2 Å². The number of aromatic nitrogens is 1. The third-order valence-electron chi connectivity index (χ3n) is 2.91. The summed E-state index contributed by atoms with van der Waals surface area (Å²) in [7, 11) is 1.50. The Bertz CT molecular complexity index is 587. The molecule has 6 nitrogen and oxygen atoms in total. The molecular formula is C16H19N3O3. The van der Waals surface area contributed by atoms with E-state index in [0.717, 1.165) is 11.3 Å². The van der Waals surface area contributed by atoms with E-state index in [2.05, 4.69) is 10.3 Å². The number of pyridine rings is 1. The van der Waals surface area contributed by atoms with Crippen LogP contribution in [0.2, 0.25) is 0 Å². The van der Waals surface area contributed by atoms with E-state index in [1.54, 1.807) is 12.3 Å². The van der Waals surface area contributed by atoms with Gasteiger partial charge in [0.25, 0.3) is 0 Å². The number of ether oxygens (including phenoxy) is 2. The van der Waals surface area contributed by atoms with Crippen molar-refractivity contribution in [1.29, 1.82) is 0 Å². The summed E-state index contributed by atoms with van der Waals surface area (Å²) in [5.74, 6) is 0.963. The number of hydrogen-bond acceptors (Lipinski definition) is 5. The van der Waals surface area contributed by atoms with Crippen molar-refractivity contribution in [3.8, 4) is 11.6 Å². The first kappa shape index (κ1) is 15.9. The molecular weight excluding hydrogens is 282 g/mol. The lowest BCUT2D eigenvalue weighted by Gasteiger charge is -2.11. The van der Waals surface area contributed by atoms with Crippen molar-refractivity contribution in [2.45, 2.75) is 12.6 Å². The second-order valence-corrected chi connectivity index (χ2v) is 4.70. The summed E-state index contributed by atoms with van der Waals surface area (Å²) in [4.78, 5) is 15.9. The van der Waals surface area contributed by atoms with E-state index in [-0.39, 0.29) is 12.5 Å². The van der Waals surface area contributed by atoms with Crippen molar-refractivity contribution in [2.24, 2.45) is 5.73 Å². The molecule has 22 heavy (non-hydrogen) atoms. The van der Waals surface area contributed by atoms with Gasteiger partial charge in [-0.05, 0) is 17.7 Å². The molecule has 0 fully saturated rings. The number of nitrogens with one attached hydrogen (secondary N) is 1.